The molecule has 0 radical (unpaired) electrons. The zero-order valence-corrected chi connectivity index (χ0v) is 15.9. The molecule has 1 saturated heterocycles. The van der Waals surface area contributed by atoms with Gasteiger partial charge in [0.15, 0.2) is 0 Å². The van der Waals surface area contributed by atoms with Crippen LogP contribution in [0.15, 0.2) is 27.6 Å². The van der Waals surface area contributed by atoms with E-state index in [4.69, 9.17) is 4.74 Å². The molecule has 0 saturated carbocycles. The standard InChI is InChI=1S/C14H21BrN2O3S.ClH/c1-11-5-3-6-12(13(11)15)21(18,19)17-9-14(10-20-2)7-4-8-16-14;/h3,5-6,16-17H,4,7-10H2,1-2H3;1H. The van der Waals surface area contributed by atoms with Gasteiger partial charge in [-0.15, -0.1) is 12.4 Å². The highest BCUT2D eigenvalue weighted by molar-refractivity contribution is 9.10. The Labute approximate surface area is 146 Å². The first-order valence-corrected chi connectivity index (χ1v) is 9.17. The summed E-state index contributed by atoms with van der Waals surface area (Å²) >= 11 is 3.35. The summed E-state index contributed by atoms with van der Waals surface area (Å²) in [7, 11) is -1.92. The first-order chi connectivity index (χ1) is 9.90. The lowest BCUT2D eigenvalue weighted by Gasteiger charge is -2.29. The Bertz CT molecular complexity index is 604. The Morgan fingerprint density at radius 3 is 2.77 bits per heavy atom. The highest BCUT2D eigenvalue weighted by Crippen LogP contribution is 2.26. The van der Waals surface area contributed by atoms with Crippen molar-refractivity contribution in [3.8, 4) is 0 Å². The first-order valence-electron chi connectivity index (χ1n) is 6.89. The van der Waals surface area contributed by atoms with Gasteiger partial charge in [0.1, 0.15) is 0 Å². The minimum absolute atomic E-state index is 0. The second kappa shape index (κ2) is 8.08. The Morgan fingerprint density at radius 2 is 2.18 bits per heavy atom. The number of benzene rings is 1. The van der Waals surface area contributed by atoms with Crippen LogP contribution in [0.2, 0.25) is 0 Å². The lowest BCUT2D eigenvalue weighted by atomic mass is 9.99. The van der Waals surface area contributed by atoms with Crippen molar-refractivity contribution in [1.29, 1.82) is 0 Å². The average molecular weight is 414 g/mol. The first kappa shape index (κ1) is 19.9. The molecule has 1 aromatic rings. The molecular weight excluding hydrogens is 392 g/mol. The van der Waals surface area contributed by atoms with E-state index in [1.165, 1.54) is 0 Å². The van der Waals surface area contributed by atoms with Crippen molar-refractivity contribution in [3.63, 3.8) is 0 Å². The van der Waals surface area contributed by atoms with Crippen LogP contribution in [0.4, 0.5) is 0 Å². The molecule has 0 aromatic heterocycles. The summed E-state index contributed by atoms with van der Waals surface area (Å²) in [6, 6.07) is 5.21. The summed E-state index contributed by atoms with van der Waals surface area (Å²) in [5.74, 6) is 0. The lowest BCUT2D eigenvalue weighted by molar-refractivity contribution is 0.122. The van der Waals surface area contributed by atoms with Crippen molar-refractivity contribution in [2.75, 3.05) is 26.8 Å². The fourth-order valence-electron chi connectivity index (χ4n) is 2.61. The summed E-state index contributed by atoms with van der Waals surface area (Å²) < 4.78 is 33.6. The minimum Gasteiger partial charge on any atom is -0.383 e. The van der Waals surface area contributed by atoms with Crippen molar-refractivity contribution < 1.29 is 13.2 Å². The Balaban J connectivity index is 0.00000242. The van der Waals surface area contributed by atoms with E-state index >= 15 is 0 Å². The maximum absolute atomic E-state index is 12.5. The third-order valence-corrected chi connectivity index (χ3v) is 6.56. The normalized spacial score (nSPS) is 21.6. The third kappa shape index (κ3) is 4.43. The molecule has 0 bridgehead atoms. The van der Waals surface area contributed by atoms with Crippen LogP contribution in [-0.4, -0.2) is 40.8 Å². The highest BCUT2D eigenvalue weighted by atomic mass is 79.9. The predicted octanol–water partition coefficient (Wildman–Crippen LogP) is 2.23. The fourth-order valence-corrected chi connectivity index (χ4v) is 4.79. The minimum atomic E-state index is -3.55. The summed E-state index contributed by atoms with van der Waals surface area (Å²) in [4.78, 5) is 0.271. The molecule has 1 atom stereocenters. The zero-order valence-electron chi connectivity index (χ0n) is 12.7. The average Bonchev–Trinajstić information content (AvgIpc) is 2.89. The molecule has 8 heteroatoms. The molecule has 1 heterocycles. The van der Waals surface area contributed by atoms with Crippen molar-refractivity contribution in [2.24, 2.45) is 0 Å². The van der Waals surface area contributed by atoms with Gasteiger partial charge < -0.3 is 10.1 Å². The molecule has 0 aliphatic carbocycles. The van der Waals surface area contributed by atoms with Gasteiger partial charge in [0.05, 0.1) is 17.0 Å². The van der Waals surface area contributed by atoms with Gasteiger partial charge in [0.25, 0.3) is 0 Å². The molecule has 0 amide bonds. The number of halogens is 2. The van der Waals surface area contributed by atoms with Crippen molar-refractivity contribution in [3.05, 3.63) is 28.2 Å². The quantitative estimate of drug-likeness (QED) is 0.750. The zero-order chi connectivity index (χ0) is 15.5. The van der Waals surface area contributed by atoms with E-state index in [1.54, 1.807) is 19.2 Å². The molecule has 0 spiro atoms. The van der Waals surface area contributed by atoms with Gasteiger partial charge in [-0.2, -0.15) is 0 Å². The SMILES string of the molecule is COCC1(CNS(=O)(=O)c2cccc(C)c2Br)CCCN1.Cl. The van der Waals surface area contributed by atoms with E-state index in [0.717, 1.165) is 24.9 Å². The predicted molar refractivity (Wildman–Crippen MR) is 93.2 cm³/mol. The second-order valence-corrected chi connectivity index (χ2v) is 7.98. The smallest absolute Gasteiger partial charge is 0.241 e. The van der Waals surface area contributed by atoms with Crippen LogP contribution in [0.5, 0.6) is 0 Å². The topological polar surface area (TPSA) is 67.4 Å². The van der Waals surface area contributed by atoms with Gasteiger partial charge in [0.2, 0.25) is 10.0 Å². The number of sulfonamides is 1. The maximum atomic E-state index is 12.5. The Hall–Kier alpha value is -0.180. The number of hydrogen-bond acceptors (Lipinski definition) is 4. The largest absolute Gasteiger partial charge is 0.383 e. The fraction of sp³-hybridized carbons (Fsp3) is 0.571. The van der Waals surface area contributed by atoms with Crippen LogP contribution in [0, 0.1) is 6.92 Å². The van der Waals surface area contributed by atoms with Gasteiger partial charge in [-0.25, -0.2) is 13.1 Å². The number of nitrogens with one attached hydrogen (secondary N) is 2. The van der Waals surface area contributed by atoms with E-state index < -0.39 is 10.0 Å². The van der Waals surface area contributed by atoms with Gasteiger partial charge in [-0.05, 0) is 53.9 Å². The molecule has 1 unspecified atom stereocenters. The van der Waals surface area contributed by atoms with E-state index in [9.17, 15) is 8.42 Å². The van der Waals surface area contributed by atoms with Gasteiger partial charge >= 0.3 is 0 Å². The number of aryl methyl sites for hydroxylation is 1. The number of ether oxygens (including phenoxy) is 1. The molecular formula is C14H22BrClN2O3S. The number of methoxy groups -OCH3 is 1. The molecule has 1 aliphatic rings. The molecule has 5 nitrogen and oxygen atoms in total. The van der Waals surface area contributed by atoms with Gasteiger partial charge in [-0.1, -0.05) is 12.1 Å². The van der Waals surface area contributed by atoms with Crippen LogP contribution >= 0.6 is 28.3 Å². The van der Waals surface area contributed by atoms with Crippen molar-refractivity contribution in [1.82, 2.24) is 10.0 Å². The highest BCUT2D eigenvalue weighted by Gasteiger charge is 2.35. The maximum Gasteiger partial charge on any atom is 0.241 e. The molecule has 2 N–H and O–H groups in total. The monoisotopic (exact) mass is 412 g/mol. The number of hydrogen-bond donors (Lipinski definition) is 2. The molecule has 22 heavy (non-hydrogen) atoms. The summed E-state index contributed by atoms with van der Waals surface area (Å²) in [5.41, 5.74) is 0.585. The van der Waals surface area contributed by atoms with E-state index in [0.29, 0.717) is 17.6 Å². The van der Waals surface area contributed by atoms with E-state index in [-0.39, 0.29) is 22.8 Å². The van der Waals surface area contributed by atoms with Crippen LogP contribution in [0.3, 0.4) is 0 Å². The van der Waals surface area contributed by atoms with Crippen LogP contribution in [-0.2, 0) is 14.8 Å². The Morgan fingerprint density at radius 1 is 1.45 bits per heavy atom. The Kier molecular flexibility index (Phi) is 7.29. The van der Waals surface area contributed by atoms with Gasteiger partial charge in [-0.3, -0.25) is 0 Å². The van der Waals surface area contributed by atoms with Crippen LogP contribution in [0.1, 0.15) is 18.4 Å². The number of rotatable bonds is 6. The summed E-state index contributed by atoms with van der Waals surface area (Å²) in [6.07, 6.45) is 1.93. The molecule has 1 aromatic carbocycles. The second-order valence-electron chi connectivity index (χ2n) is 5.46. The molecule has 126 valence electrons. The van der Waals surface area contributed by atoms with E-state index in [2.05, 4.69) is 26.0 Å². The van der Waals surface area contributed by atoms with Crippen molar-refractivity contribution >= 4 is 38.4 Å². The molecule has 1 fully saturated rings. The van der Waals surface area contributed by atoms with E-state index in [1.807, 2.05) is 13.0 Å². The summed E-state index contributed by atoms with van der Waals surface area (Å²) in [5, 5.41) is 3.36. The van der Waals surface area contributed by atoms with Crippen LogP contribution in [0.25, 0.3) is 0 Å². The van der Waals surface area contributed by atoms with Crippen molar-refractivity contribution in [2.45, 2.75) is 30.2 Å². The van der Waals surface area contributed by atoms with Crippen LogP contribution < -0.4 is 10.0 Å². The molecule has 2 rings (SSSR count). The lowest BCUT2D eigenvalue weighted by Crippen LogP contribution is -2.52. The third-order valence-electron chi connectivity index (χ3n) is 3.80. The van der Waals surface area contributed by atoms with Gasteiger partial charge in [0, 0.05) is 18.1 Å². The summed E-state index contributed by atoms with van der Waals surface area (Å²) in [6.45, 7) is 3.57. The molecule has 1 aliphatic heterocycles.